The molecule has 0 heterocycles. The molecule has 0 saturated carbocycles. The van der Waals surface area contributed by atoms with Crippen molar-refractivity contribution in [1.82, 2.24) is 9.80 Å². The fourth-order valence-electron chi connectivity index (χ4n) is 0.937. The molecule has 0 aromatic heterocycles. The molecule has 0 saturated heterocycles. The van der Waals surface area contributed by atoms with Crippen molar-refractivity contribution in [3.8, 4) is 6.07 Å². The second-order valence-electron chi connectivity index (χ2n) is 3.24. The van der Waals surface area contributed by atoms with Crippen LogP contribution >= 0.6 is 0 Å². The molecule has 0 spiro atoms. The van der Waals surface area contributed by atoms with Crippen LogP contribution in [0.5, 0.6) is 0 Å². The third-order valence-corrected chi connectivity index (χ3v) is 1.63. The van der Waals surface area contributed by atoms with Crippen LogP contribution in [0.15, 0.2) is 0 Å². The largest absolute Gasteiger partial charge is 0.308 e. The molecule has 0 amide bonds. The molecule has 0 aromatic carbocycles. The van der Waals surface area contributed by atoms with Gasteiger partial charge in [0, 0.05) is 12.6 Å². The van der Waals surface area contributed by atoms with Crippen molar-refractivity contribution in [2.75, 3.05) is 34.7 Å². The van der Waals surface area contributed by atoms with E-state index >= 15 is 0 Å². The second-order valence-corrected chi connectivity index (χ2v) is 3.24. The summed E-state index contributed by atoms with van der Waals surface area (Å²) in [6.07, 6.45) is 0.602. The molecule has 0 aliphatic heterocycles. The fraction of sp³-hybridized carbons (Fsp3) is 0.900. The first-order valence-corrected chi connectivity index (χ1v) is 4.76. The Hall–Kier alpha value is -0.590. The minimum Gasteiger partial charge on any atom is -0.308 e. The molecule has 0 bridgehead atoms. The van der Waals surface area contributed by atoms with Gasteiger partial charge in [-0.15, -0.1) is 0 Å². The van der Waals surface area contributed by atoms with Crippen LogP contribution in [0.4, 0.5) is 0 Å². The molecule has 0 radical (unpaired) electrons. The third kappa shape index (κ3) is 9.32. The predicted octanol–water partition coefficient (Wildman–Crippen LogP) is 1.42. The van der Waals surface area contributed by atoms with Gasteiger partial charge < -0.3 is 9.80 Å². The Labute approximate surface area is 82.9 Å². The highest BCUT2D eigenvalue weighted by atomic mass is 15.2. The normalized spacial score (nSPS) is 11.9. The number of rotatable bonds is 4. The molecule has 3 heteroatoms. The highest BCUT2D eigenvalue weighted by molar-refractivity contribution is 4.81. The number of hydrogen-bond donors (Lipinski definition) is 0. The lowest BCUT2D eigenvalue weighted by atomic mass is 10.2. The van der Waals surface area contributed by atoms with E-state index in [0.29, 0.717) is 12.5 Å². The van der Waals surface area contributed by atoms with Gasteiger partial charge in [0.25, 0.3) is 0 Å². The van der Waals surface area contributed by atoms with Crippen LogP contribution in [0.1, 0.15) is 20.3 Å². The van der Waals surface area contributed by atoms with Crippen molar-refractivity contribution in [2.45, 2.75) is 26.3 Å². The Kier molecular flexibility index (Phi) is 10.9. The highest BCUT2D eigenvalue weighted by Gasteiger charge is 2.10. The summed E-state index contributed by atoms with van der Waals surface area (Å²) in [7, 11) is 8.05. The summed E-state index contributed by atoms with van der Waals surface area (Å²) in [4.78, 5) is 4.19. The first-order chi connectivity index (χ1) is 6.07. The van der Waals surface area contributed by atoms with Gasteiger partial charge in [0.1, 0.15) is 0 Å². The zero-order valence-corrected chi connectivity index (χ0v) is 9.83. The first kappa shape index (κ1) is 14.9. The first-order valence-electron chi connectivity index (χ1n) is 4.76. The van der Waals surface area contributed by atoms with Gasteiger partial charge in [-0.2, -0.15) is 5.26 Å². The van der Waals surface area contributed by atoms with Gasteiger partial charge in [0.2, 0.25) is 0 Å². The van der Waals surface area contributed by atoms with Crippen LogP contribution in [0, 0.1) is 11.3 Å². The maximum absolute atomic E-state index is 8.50. The predicted molar refractivity (Wildman–Crippen MR) is 57.6 cm³/mol. The van der Waals surface area contributed by atoms with Crippen LogP contribution in [0.2, 0.25) is 0 Å². The van der Waals surface area contributed by atoms with Crippen molar-refractivity contribution in [3.63, 3.8) is 0 Å². The van der Waals surface area contributed by atoms with Gasteiger partial charge >= 0.3 is 0 Å². The summed E-state index contributed by atoms with van der Waals surface area (Å²) >= 11 is 0. The van der Waals surface area contributed by atoms with Crippen molar-refractivity contribution in [3.05, 3.63) is 0 Å². The van der Waals surface area contributed by atoms with Gasteiger partial charge in [-0.05, 0) is 28.2 Å². The maximum Gasteiger partial charge on any atom is 0.0638 e. The van der Waals surface area contributed by atoms with Crippen LogP contribution in [0.3, 0.4) is 0 Å². The van der Waals surface area contributed by atoms with E-state index in [1.54, 1.807) is 0 Å². The Morgan fingerprint density at radius 1 is 1.15 bits per heavy atom. The van der Waals surface area contributed by atoms with Crippen LogP contribution in [-0.4, -0.2) is 50.6 Å². The summed E-state index contributed by atoms with van der Waals surface area (Å²) < 4.78 is 0. The van der Waals surface area contributed by atoms with E-state index < -0.39 is 0 Å². The lowest BCUT2D eigenvalue weighted by Crippen LogP contribution is -2.37. The van der Waals surface area contributed by atoms with Crippen molar-refractivity contribution >= 4 is 0 Å². The van der Waals surface area contributed by atoms with E-state index in [9.17, 15) is 0 Å². The average Bonchev–Trinajstić information content (AvgIpc) is 2.06. The molecule has 0 rings (SSSR count). The van der Waals surface area contributed by atoms with Crippen LogP contribution in [0.25, 0.3) is 0 Å². The second kappa shape index (κ2) is 9.50. The zero-order chi connectivity index (χ0) is 10.9. The summed E-state index contributed by atoms with van der Waals surface area (Å²) in [5.74, 6) is 0. The lowest BCUT2D eigenvalue weighted by molar-refractivity contribution is 0.231. The van der Waals surface area contributed by atoms with E-state index in [2.05, 4.69) is 15.9 Å². The van der Waals surface area contributed by atoms with Gasteiger partial charge in [0.05, 0.1) is 12.5 Å². The van der Waals surface area contributed by atoms with Crippen molar-refractivity contribution < 1.29 is 0 Å². The maximum atomic E-state index is 8.50. The van der Waals surface area contributed by atoms with Crippen molar-refractivity contribution in [2.24, 2.45) is 0 Å². The molecular formula is C10H23N3. The molecule has 3 nitrogen and oxygen atoms in total. The van der Waals surface area contributed by atoms with Crippen LogP contribution < -0.4 is 0 Å². The van der Waals surface area contributed by atoms with E-state index in [1.165, 1.54) is 0 Å². The third-order valence-electron chi connectivity index (χ3n) is 1.63. The SMILES string of the molecule is CC.CN(C)CC(CC#N)N(C)C. The fourth-order valence-corrected chi connectivity index (χ4v) is 0.937. The molecule has 78 valence electrons. The number of likely N-dealkylation sites (N-methyl/N-ethyl adjacent to an activating group) is 2. The van der Waals surface area contributed by atoms with Gasteiger partial charge in [-0.1, -0.05) is 13.8 Å². The molecule has 0 N–H and O–H groups in total. The Bertz CT molecular complexity index is 136. The number of hydrogen-bond acceptors (Lipinski definition) is 3. The van der Waals surface area contributed by atoms with E-state index in [1.807, 2.05) is 42.0 Å². The van der Waals surface area contributed by atoms with E-state index in [-0.39, 0.29) is 0 Å². The van der Waals surface area contributed by atoms with Gasteiger partial charge in [-0.3, -0.25) is 0 Å². The molecule has 0 aliphatic carbocycles. The highest BCUT2D eigenvalue weighted by Crippen LogP contribution is 1.99. The summed E-state index contributed by atoms with van der Waals surface area (Å²) in [5, 5.41) is 8.50. The molecular weight excluding hydrogens is 162 g/mol. The standard InChI is InChI=1S/C8H17N3.C2H6/c1-10(2)7-8(5-6-9)11(3)4;1-2/h8H,5,7H2,1-4H3;1-2H3. The average molecular weight is 185 g/mol. The summed E-state index contributed by atoms with van der Waals surface area (Å²) in [6.45, 7) is 4.94. The molecule has 0 aromatic rings. The molecule has 1 atom stereocenters. The zero-order valence-electron chi connectivity index (χ0n) is 9.83. The van der Waals surface area contributed by atoms with Crippen LogP contribution in [-0.2, 0) is 0 Å². The Morgan fingerprint density at radius 3 is 1.85 bits per heavy atom. The van der Waals surface area contributed by atoms with E-state index in [0.717, 1.165) is 6.54 Å². The minimum atomic E-state index is 0.356. The quantitative estimate of drug-likeness (QED) is 0.663. The minimum absolute atomic E-state index is 0.356. The molecule has 0 fully saturated rings. The number of nitrogens with zero attached hydrogens (tertiary/aromatic N) is 3. The Morgan fingerprint density at radius 2 is 1.62 bits per heavy atom. The summed E-state index contributed by atoms with van der Waals surface area (Å²) in [6, 6.07) is 2.54. The van der Waals surface area contributed by atoms with Gasteiger partial charge in [0.15, 0.2) is 0 Å². The Balaban J connectivity index is 0. The topological polar surface area (TPSA) is 30.3 Å². The van der Waals surface area contributed by atoms with Crippen molar-refractivity contribution in [1.29, 1.82) is 5.26 Å². The molecule has 13 heavy (non-hydrogen) atoms. The number of nitriles is 1. The lowest BCUT2D eigenvalue weighted by Gasteiger charge is -2.24. The molecule has 1 unspecified atom stereocenters. The smallest absolute Gasteiger partial charge is 0.0638 e. The molecule has 0 aliphatic rings. The van der Waals surface area contributed by atoms with Gasteiger partial charge in [-0.25, -0.2) is 0 Å². The monoisotopic (exact) mass is 185 g/mol. The summed E-state index contributed by atoms with van der Waals surface area (Å²) in [5.41, 5.74) is 0. The van der Waals surface area contributed by atoms with E-state index in [4.69, 9.17) is 5.26 Å².